The standard InChI is InChI=1S/C30H32N2O5S/c1-21-19-23(10-11-24(21)37-20-22-7-3-2-4-8-22)28(33)26-27(25-9-5-18-38-25)32(30(35)29(26)34)13-6-12-31-14-16-36-17-15-31/h2-5,7-11,18-19,27,33H,6,12-17,20H2,1H3/t27-/m0/s1. The second kappa shape index (κ2) is 11.9. The van der Waals surface area contributed by atoms with Crippen LogP contribution in [0.5, 0.6) is 5.75 Å². The average Bonchev–Trinajstić information content (AvgIpc) is 3.56. The van der Waals surface area contributed by atoms with E-state index in [1.807, 2.05) is 54.8 Å². The predicted octanol–water partition coefficient (Wildman–Crippen LogP) is 4.78. The Morgan fingerprint density at radius 2 is 1.84 bits per heavy atom. The molecule has 0 bridgehead atoms. The number of carbonyl (C=O) groups is 2. The molecule has 2 saturated heterocycles. The number of ether oxygens (including phenoxy) is 2. The molecule has 3 heterocycles. The van der Waals surface area contributed by atoms with Gasteiger partial charge in [0.2, 0.25) is 0 Å². The van der Waals surface area contributed by atoms with Gasteiger partial charge < -0.3 is 19.5 Å². The Labute approximate surface area is 226 Å². The molecule has 0 unspecified atom stereocenters. The molecule has 0 radical (unpaired) electrons. The van der Waals surface area contributed by atoms with Gasteiger partial charge in [-0.3, -0.25) is 14.5 Å². The van der Waals surface area contributed by atoms with E-state index in [-0.39, 0.29) is 11.3 Å². The highest BCUT2D eigenvalue weighted by Crippen LogP contribution is 2.41. The molecule has 5 rings (SSSR count). The van der Waals surface area contributed by atoms with E-state index in [9.17, 15) is 14.7 Å². The normalized spacial score (nSPS) is 19.7. The fourth-order valence-electron chi connectivity index (χ4n) is 4.99. The van der Waals surface area contributed by atoms with Gasteiger partial charge in [0.05, 0.1) is 24.8 Å². The van der Waals surface area contributed by atoms with Crippen molar-refractivity contribution < 1.29 is 24.2 Å². The number of ketones is 1. The molecule has 0 saturated carbocycles. The van der Waals surface area contributed by atoms with Crippen molar-refractivity contribution in [3.05, 3.63) is 93.2 Å². The Kier molecular flexibility index (Phi) is 8.22. The third-order valence-electron chi connectivity index (χ3n) is 7.02. The summed E-state index contributed by atoms with van der Waals surface area (Å²) in [5.74, 6) is -0.667. The maximum Gasteiger partial charge on any atom is 0.295 e. The molecule has 7 nitrogen and oxygen atoms in total. The molecule has 1 atom stereocenters. The lowest BCUT2D eigenvalue weighted by atomic mass is 9.98. The number of nitrogens with zero attached hydrogens (tertiary/aromatic N) is 2. The number of Topliss-reactive ketones (excluding diaryl/α,β-unsaturated/α-hetero) is 1. The number of aryl methyl sites for hydroxylation is 1. The molecule has 2 aliphatic heterocycles. The summed E-state index contributed by atoms with van der Waals surface area (Å²) in [5, 5.41) is 13.3. The molecule has 1 amide bonds. The Morgan fingerprint density at radius 3 is 2.55 bits per heavy atom. The maximum atomic E-state index is 13.3. The molecule has 2 aliphatic rings. The topological polar surface area (TPSA) is 79.3 Å². The summed E-state index contributed by atoms with van der Waals surface area (Å²) in [6.45, 7) is 6.78. The second-order valence-electron chi connectivity index (χ2n) is 9.57. The summed E-state index contributed by atoms with van der Waals surface area (Å²) >= 11 is 1.48. The largest absolute Gasteiger partial charge is 0.507 e. The highest BCUT2D eigenvalue weighted by molar-refractivity contribution is 7.10. The highest BCUT2D eigenvalue weighted by atomic mass is 32.1. The van der Waals surface area contributed by atoms with E-state index in [2.05, 4.69) is 4.90 Å². The second-order valence-corrected chi connectivity index (χ2v) is 10.5. The van der Waals surface area contributed by atoms with Crippen molar-refractivity contribution in [3.8, 4) is 5.75 Å². The van der Waals surface area contributed by atoms with E-state index in [4.69, 9.17) is 9.47 Å². The number of likely N-dealkylation sites (tertiary alicyclic amines) is 1. The molecule has 8 heteroatoms. The first kappa shape index (κ1) is 26.2. The summed E-state index contributed by atoms with van der Waals surface area (Å²) in [4.78, 5) is 31.2. The van der Waals surface area contributed by atoms with Gasteiger partial charge in [-0.05, 0) is 54.1 Å². The number of hydrogen-bond acceptors (Lipinski definition) is 7. The molecule has 2 fully saturated rings. The third-order valence-corrected chi connectivity index (χ3v) is 7.94. The number of rotatable bonds is 9. The van der Waals surface area contributed by atoms with E-state index in [1.54, 1.807) is 23.1 Å². The molecule has 38 heavy (non-hydrogen) atoms. The van der Waals surface area contributed by atoms with Crippen LogP contribution >= 0.6 is 11.3 Å². The number of morpholine rings is 1. The van der Waals surface area contributed by atoms with Crippen LogP contribution in [0.2, 0.25) is 0 Å². The van der Waals surface area contributed by atoms with Gasteiger partial charge in [-0.15, -0.1) is 11.3 Å². The van der Waals surface area contributed by atoms with Crippen LogP contribution in [0.25, 0.3) is 5.76 Å². The van der Waals surface area contributed by atoms with Crippen molar-refractivity contribution in [2.24, 2.45) is 0 Å². The van der Waals surface area contributed by atoms with E-state index >= 15 is 0 Å². The fourth-order valence-corrected chi connectivity index (χ4v) is 5.84. The molecule has 1 aromatic heterocycles. The van der Waals surface area contributed by atoms with Crippen LogP contribution in [0.15, 0.2) is 71.6 Å². The number of amides is 1. The summed E-state index contributed by atoms with van der Waals surface area (Å²) in [5.41, 5.74) is 2.52. The SMILES string of the molecule is Cc1cc(C(O)=C2C(=O)C(=O)N(CCCN3CCOCC3)[C@H]2c2cccs2)ccc1OCc1ccccc1. The van der Waals surface area contributed by atoms with Gasteiger partial charge in [-0.25, -0.2) is 0 Å². The summed E-state index contributed by atoms with van der Waals surface area (Å²) in [6, 6.07) is 18.4. The number of carbonyl (C=O) groups excluding carboxylic acids is 2. The molecule has 3 aromatic rings. The van der Waals surface area contributed by atoms with Gasteiger partial charge >= 0.3 is 0 Å². The van der Waals surface area contributed by atoms with Gasteiger partial charge in [0.1, 0.15) is 18.1 Å². The van der Waals surface area contributed by atoms with Crippen molar-refractivity contribution in [2.75, 3.05) is 39.4 Å². The quantitative estimate of drug-likeness (QED) is 0.243. The minimum Gasteiger partial charge on any atom is -0.507 e. The van der Waals surface area contributed by atoms with Crippen LogP contribution in [0.3, 0.4) is 0 Å². The van der Waals surface area contributed by atoms with Crippen LogP contribution < -0.4 is 4.74 Å². The zero-order chi connectivity index (χ0) is 26.5. The van der Waals surface area contributed by atoms with E-state index in [0.29, 0.717) is 24.5 Å². The molecular formula is C30H32N2O5S. The Balaban J connectivity index is 1.38. The molecule has 2 aromatic carbocycles. The molecule has 0 aliphatic carbocycles. The van der Waals surface area contributed by atoms with Crippen molar-refractivity contribution in [1.82, 2.24) is 9.80 Å². The lowest BCUT2D eigenvalue weighted by Gasteiger charge is -2.28. The van der Waals surface area contributed by atoms with Crippen molar-refractivity contribution in [3.63, 3.8) is 0 Å². The lowest BCUT2D eigenvalue weighted by molar-refractivity contribution is -0.140. The first-order valence-corrected chi connectivity index (χ1v) is 13.8. The Bertz CT molecular complexity index is 1300. The van der Waals surface area contributed by atoms with Crippen LogP contribution in [0.4, 0.5) is 0 Å². The lowest BCUT2D eigenvalue weighted by Crippen LogP contribution is -2.38. The Morgan fingerprint density at radius 1 is 1.05 bits per heavy atom. The van der Waals surface area contributed by atoms with Crippen LogP contribution in [0, 0.1) is 6.92 Å². The average molecular weight is 533 g/mol. The zero-order valence-electron chi connectivity index (χ0n) is 21.5. The maximum absolute atomic E-state index is 13.3. The molecule has 0 spiro atoms. The highest BCUT2D eigenvalue weighted by Gasteiger charge is 2.46. The number of hydrogen-bond donors (Lipinski definition) is 1. The van der Waals surface area contributed by atoms with E-state index < -0.39 is 17.7 Å². The molecule has 198 valence electrons. The van der Waals surface area contributed by atoms with E-state index in [1.165, 1.54) is 11.3 Å². The van der Waals surface area contributed by atoms with Gasteiger partial charge in [0.15, 0.2) is 0 Å². The fraction of sp³-hybridized carbons (Fsp3) is 0.333. The summed E-state index contributed by atoms with van der Waals surface area (Å²) in [6.07, 6.45) is 0.738. The summed E-state index contributed by atoms with van der Waals surface area (Å²) in [7, 11) is 0. The zero-order valence-corrected chi connectivity index (χ0v) is 22.3. The Hall–Kier alpha value is -3.46. The minimum atomic E-state index is -0.644. The van der Waals surface area contributed by atoms with Crippen LogP contribution in [0.1, 0.15) is 34.0 Å². The minimum absolute atomic E-state index is 0.140. The van der Waals surface area contributed by atoms with Gasteiger partial charge in [-0.2, -0.15) is 0 Å². The monoisotopic (exact) mass is 532 g/mol. The van der Waals surface area contributed by atoms with Gasteiger partial charge in [-0.1, -0.05) is 36.4 Å². The number of aliphatic hydroxyl groups excluding tert-OH is 1. The van der Waals surface area contributed by atoms with Gasteiger partial charge in [0.25, 0.3) is 11.7 Å². The first-order chi connectivity index (χ1) is 18.5. The first-order valence-electron chi connectivity index (χ1n) is 12.9. The number of benzene rings is 2. The number of thiophene rings is 1. The van der Waals surface area contributed by atoms with Gasteiger partial charge in [0, 0.05) is 36.6 Å². The molecule has 1 N–H and O–H groups in total. The van der Waals surface area contributed by atoms with Crippen molar-refractivity contribution >= 4 is 28.8 Å². The summed E-state index contributed by atoms with van der Waals surface area (Å²) < 4.78 is 11.4. The molecular weight excluding hydrogens is 500 g/mol. The number of aliphatic hydroxyl groups is 1. The van der Waals surface area contributed by atoms with Crippen molar-refractivity contribution in [2.45, 2.75) is 26.0 Å². The smallest absolute Gasteiger partial charge is 0.295 e. The van der Waals surface area contributed by atoms with Crippen molar-refractivity contribution in [1.29, 1.82) is 0 Å². The van der Waals surface area contributed by atoms with Crippen LogP contribution in [-0.4, -0.2) is 66.0 Å². The van der Waals surface area contributed by atoms with Crippen LogP contribution in [-0.2, 0) is 20.9 Å². The predicted molar refractivity (Wildman–Crippen MR) is 147 cm³/mol. The van der Waals surface area contributed by atoms with E-state index in [0.717, 1.165) is 55.3 Å². The third kappa shape index (κ3) is 5.67.